The minimum Gasteiger partial charge on any atom is -0.543 e. The van der Waals surface area contributed by atoms with E-state index in [1.54, 1.807) is 0 Å². The Balaban J connectivity index is 0.00000192. The van der Waals surface area contributed by atoms with Crippen molar-refractivity contribution in [2.45, 2.75) is 44.6 Å². The topological polar surface area (TPSA) is 69.2 Å². The second-order valence-electron chi connectivity index (χ2n) is 6.31. The molecule has 2 heterocycles. The van der Waals surface area contributed by atoms with Crippen molar-refractivity contribution in [1.82, 2.24) is 14.9 Å². The summed E-state index contributed by atoms with van der Waals surface area (Å²) >= 11 is 0. The van der Waals surface area contributed by atoms with Gasteiger partial charge >= 0.3 is 18.9 Å². The molecule has 0 N–H and O–H groups in total. The van der Waals surface area contributed by atoms with Gasteiger partial charge in [-0.3, -0.25) is 4.90 Å². The summed E-state index contributed by atoms with van der Waals surface area (Å²) in [5, 5.41) is 11.1. The largest absolute Gasteiger partial charge is 1.00 e. The molecule has 1 aromatic heterocycles. The Morgan fingerprint density at radius 3 is 2.70 bits per heavy atom. The van der Waals surface area contributed by atoms with Crippen molar-refractivity contribution in [3.05, 3.63) is 23.3 Å². The first-order chi connectivity index (χ1) is 10.3. The summed E-state index contributed by atoms with van der Waals surface area (Å²) in [6, 6.07) is 1.39. The second-order valence-corrected chi connectivity index (χ2v) is 6.31. The van der Waals surface area contributed by atoms with Crippen LogP contribution in [-0.2, 0) is 6.54 Å². The van der Waals surface area contributed by atoms with E-state index in [1.165, 1.54) is 13.0 Å². The molecule has 0 spiro atoms. The Hall–Kier alpha value is -1.03. The van der Waals surface area contributed by atoms with Gasteiger partial charge in [0.05, 0.1) is 17.4 Å². The van der Waals surface area contributed by atoms with E-state index in [0.29, 0.717) is 18.1 Å². The SMILES string of the molecule is C[C@@H]1CN(Cc2cc(C(=O)[O-])nc(C3CC3)n2)CCC1(F)F.[Li+]. The zero-order valence-electron chi connectivity index (χ0n) is 13.4. The molecule has 0 unspecified atom stereocenters. The van der Waals surface area contributed by atoms with Gasteiger partial charge in [0.1, 0.15) is 5.82 Å². The normalized spacial score (nSPS) is 24.0. The number of carbonyl (C=O) groups is 1. The molecule has 2 aliphatic rings. The molecule has 0 bridgehead atoms. The summed E-state index contributed by atoms with van der Waals surface area (Å²) in [6.45, 7) is 2.45. The molecule has 120 valence electrons. The summed E-state index contributed by atoms with van der Waals surface area (Å²) in [6.07, 6.45) is 1.74. The summed E-state index contributed by atoms with van der Waals surface area (Å²) in [5.74, 6) is -3.91. The maximum absolute atomic E-state index is 13.5. The number of likely N-dealkylation sites (tertiary alicyclic amines) is 1. The molecule has 1 saturated heterocycles. The van der Waals surface area contributed by atoms with E-state index in [4.69, 9.17) is 0 Å². The number of carbonyl (C=O) groups excluding carboxylic acids is 1. The third-order valence-electron chi connectivity index (χ3n) is 4.35. The molecule has 0 aromatic carbocycles. The van der Waals surface area contributed by atoms with Crippen molar-refractivity contribution in [1.29, 1.82) is 0 Å². The molecular weight excluding hydrogens is 299 g/mol. The predicted molar refractivity (Wildman–Crippen MR) is 72.3 cm³/mol. The minimum absolute atomic E-state index is 0. The van der Waals surface area contributed by atoms with E-state index in [0.717, 1.165) is 12.8 Å². The fourth-order valence-electron chi connectivity index (χ4n) is 2.77. The van der Waals surface area contributed by atoms with Crippen LogP contribution in [0.1, 0.15) is 54.1 Å². The van der Waals surface area contributed by atoms with Gasteiger partial charge < -0.3 is 9.90 Å². The van der Waals surface area contributed by atoms with Crippen molar-refractivity contribution in [3.63, 3.8) is 0 Å². The van der Waals surface area contributed by atoms with E-state index >= 15 is 0 Å². The predicted octanol–water partition coefficient (Wildman–Crippen LogP) is -1.80. The number of rotatable bonds is 4. The van der Waals surface area contributed by atoms with Gasteiger partial charge in [-0.25, -0.2) is 18.7 Å². The fraction of sp³-hybridized carbons (Fsp3) is 0.667. The molecule has 5 nitrogen and oxygen atoms in total. The summed E-state index contributed by atoms with van der Waals surface area (Å²) < 4.78 is 27.0. The summed E-state index contributed by atoms with van der Waals surface area (Å²) in [5.41, 5.74) is 0.441. The van der Waals surface area contributed by atoms with Crippen molar-refractivity contribution in [2.75, 3.05) is 13.1 Å². The first kappa shape index (κ1) is 18.3. The maximum atomic E-state index is 13.5. The van der Waals surface area contributed by atoms with Crippen LogP contribution < -0.4 is 24.0 Å². The summed E-state index contributed by atoms with van der Waals surface area (Å²) in [4.78, 5) is 21.4. The monoisotopic (exact) mass is 317 g/mol. The number of carboxylic acids is 1. The Labute approximate surface area is 145 Å². The van der Waals surface area contributed by atoms with Crippen molar-refractivity contribution in [3.8, 4) is 0 Å². The maximum Gasteiger partial charge on any atom is 1.00 e. The van der Waals surface area contributed by atoms with Crippen molar-refractivity contribution >= 4 is 5.97 Å². The molecule has 0 radical (unpaired) electrons. The van der Waals surface area contributed by atoms with Crippen LogP contribution in [0.15, 0.2) is 6.07 Å². The van der Waals surface area contributed by atoms with Gasteiger partial charge in [0.25, 0.3) is 5.92 Å². The smallest absolute Gasteiger partial charge is 0.543 e. The van der Waals surface area contributed by atoms with Gasteiger partial charge in [-0.1, -0.05) is 6.92 Å². The van der Waals surface area contributed by atoms with Crippen LogP contribution in [0.25, 0.3) is 0 Å². The van der Waals surface area contributed by atoms with Crippen LogP contribution in [0, 0.1) is 5.92 Å². The Bertz CT molecular complexity index is 596. The molecule has 3 rings (SSSR count). The van der Waals surface area contributed by atoms with Crippen molar-refractivity contribution < 1.29 is 37.5 Å². The number of nitrogens with zero attached hydrogens (tertiary/aromatic N) is 3. The molecule has 1 aliphatic heterocycles. The van der Waals surface area contributed by atoms with Gasteiger partial charge in [0, 0.05) is 37.9 Å². The Morgan fingerprint density at radius 1 is 1.43 bits per heavy atom. The van der Waals surface area contributed by atoms with Gasteiger partial charge in [0.15, 0.2) is 0 Å². The second kappa shape index (κ2) is 6.84. The van der Waals surface area contributed by atoms with Gasteiger partial charge in [-0.15, -0.1) is 0 Å². The zero-order valence-corrected chi connectivity index (χ0v) is 13.4. The van der Waals surface area contributed by atoms with Gasteiger partial charge in [-0.05, 0) is 18.9 Å². The van der Waals surface area contributed by atoms with E-state index in [9.17, 15) is 18.7 Å². The van der Waals surface area contributed by atoms with E-state index in [-0.39, 0.29) is 50.0 Å². The molecular formula is C15H18F2LiN3O2. The van der Waals surface area contributed by atoms with Crippen LogP contribution in [0.3, 0.4) is 0 Å². The number of hydrogen-bond acceptors (Lipinski definition) is 5. The fourth-order valence-corrected chi connectivity index (χ4v) is 2.77. The first-order valence-electron chi connectivity index (χ1n) is 7.54. The molecule has 1 aromatic rings. The van der Waals surface area contributed by atoms with Crippen LogP contribution >= 0.6 is 0 Å². The van der Waals surface area contributed by atoms with Crippen LogP contribution in [0.5, 0.6) is 0 Å². The van der Waals surface area contributed by atoms with Gasteiger partial charge in [-0.2, -0.15) is 0 Å². The van der Waals surface area contributed by atoms with E-state index in [1.807, 2.05) is 4.90 Å². The van der Waals surface area contributed by atoms with Crippen LogP contribution in [0.4, 0.5) is 8.78 Å². The molecule has 2 fully saturated rings. The molecule has 0 amide bonds. The molecule has 1 aliphatic carbocycles. The Morgan fingerprint density at radius 2 is 2.13 bits per heavy atom. The molecule has 23 heavy (non-hydrogen) atoms. The Kier molecular flexibility index (Phi) is 5.44. The number of aromatic carboxylic acids is 1. The summed E-state index contributed by atoms with van der Waals surface area (Å²) in [7, 11) is 0. The standard InChI is InChI=1S/C15H19F2N3O2.Li/c1-9-7-20(5-4-15(9,16)17)8-11-6-12(14(21)22)19-13(18-11)10-2-3-10;/h6,9-10H,2-5,7-8H2,1H3,(H,21,22);/q;+1/p-1/t9-;/m1./s1. The molecule has 1 saturated carbocycles. The van der Waals surface area contributed by atoms with Crippen LogP contribution in [0.2, 0.25) is 0 Å². The number of aromatic nitrogens is 2. The van der Waals surface area contributed by atoms with Crippen LogP contribution in [-0.4, -0.2) is 39.8 Å². The third kappa shape index (κ3) is 4.28. The quantitative estimate of drug-likeness (QED) is 0.613. The third-order valence-corrected chi connectivity index (χ3v) is 4.35. The van der Waals surface area contributed by atoms with E-state index in [2.05, 4.69) is 9.97 Å². The number of carboxylic acid groups (broad SMARTS) is 1. The van der Waals surface area contributed by atoms with Gasteiger partial charge in [0.2, 0.25) is 0 Å². The molecule has 8 heteroatoms. The number of halogens is 2. The minimum atomic E-state index is -2.63. The number of hydrogen-bond donors (Lipinski definition) is 0. The first-order valence-corrected chi connectivity index (χ1v) is 7.54. The average Bonchev–Trinajstić information content (AvgIpc) is 3.27. The number of alkyl halides is 2. The average molecular weight is 317 g/mol. The molecule has 1 atom stereocenters. The number of piperidine rings is 1. The van der Waals surface area contributed by atoms with E-state index < -0.39 is 17.8 Å². The van der Waals surface area contributed by atoms with Crippen molar-refractivity contribution in [2.24, 2.45) is 5.92 Å². The zero-order chi connectivity index (χ0) is 15.9.